The number of hydrogen-bond donors (Lipinski definition) is 1. The first-order chi connectivity index (χ1) is 4.74. The summed E-state index contributed by atoms with van der Waals surface area (Å²) in [5.41, 5.74) is 5.91. The molecular formula is C6H4IN3. The first-order valence-corrected chi connectivity index (χ1v) is 3.60. The zero-order valence-electron chi connectivity index (χ0n) is 5.00. The van der Waals surface area contributed by atoms with Crippen LogP contribution in [0, 0.1) is 10.1 Å². The number of rotatable bonds is 0. The fraction of sp³-hybridized carbons (Fsp3) is 0. The van der Waals surface area contributed by atoms with Gasteiger partial charge in [0.25, 0.3) is 0 Å². The number of halogens is 1. The Morgan fingerprint density at radius 3 is 2.90 bits per heavy atom. The highest BCUT2D eigenvalue weighted by Gasteiger charge is 1.97. The lowest BCUT2D eigenvalue weighted by Crippen LogP contribution is -1.88. The molecule has 1 aromatic rings. The summed E-state index contributed by atoms with van der Waals surface area (Å²) in [4.78, 5) is 7.07. The van der Waals surface area contributed by atoms with E-state index in [1.54, 1.807) is 12.3 Å². The minimum Gasteiger partial charge on any atom is -0.385 e. The number of nitrogen functional groups attached to an aromatic ring is 1. The van der Waals surface area contributed by atoms with Crippen molar-refractivity contribution < 1.29 is 0 Å². The number of pyridine rings is 1. The van der Waals surface area contributed by atoms with E-state index in [1.165, 1.54) is 0 Å². The highest BCUT2D eigenvalue weighted by molar-refractivity contribution is 14.1. The lowest BCUT2D eigenvalue weighted by molar-refractivity contribution is 1.32. The van der Waals surface area contributed by atoms with Gasteiger partial charge in [0.15, 0.2) is 0 Å². The lowest BCUT2D eigenvalue weighted by atomic mass is 10.4. The van der Waals surface area contributed by atoms with Gasteiger partial charge in [0.2, 0.25) is 5.69 Å². The number of anilines is 1. The van der Waals surface area contributed by atoms with E-state index in [2.05, 4.69) is 9.83 Å². The fourth-order valence-corrected chi connectivity index (χ4v) is 0.945. The molecule has 0 amide bonds. The van der Waals surface area contributed by atoms with Crippen LogP contribution < -0.4 is 5.73 Å². The Morgan fingerprint density at radius 2 is 2.40 bits per heavy atom. The number of nitrogens with two attached hydrogens (primary N) is 1. The van der Waals surface area contributed by atoms with Gasteiger partial charge >= 0.3 is 0 Å². The lowest BCUT2D eigenvalue weighted by Gasteiger charge is -1.94. The third kappa shape index (κ3) is 1.36. The maximum Gasteiger partial charge on any atom is 0.205 e. The molecule has 0 spiro atoms. The molecule has 1 rings (SSSR count). The SMILES string of the molecule is [C-]#[N+]c1cc(N)ncc1I. The van der Waals surface area contributed by atoms with Crippen LogP contribution in [0.15, 0.2) is 12.3 Å². The largest absolute Gasteiger partial charge is 0.385 e. The Morgan fingerprint density at radius 1 is 1.70 bits per heavy atom. The summed E-state index contributed by atoms with van der Waals surface area (Å²) in [7, 11) is 0. The molecule has 1 aromatic heterocycles. The standard InChI is InChI=1S/C6H4IN3/c1-9-5-2-6(8)10-3-4(5)7/h2-3H,(H2,8,10). The van der Waals surface area contributed by atoms with Gasteiger partial charge < -0.3 is 5.73 Å². The maximum atomic E-state index is 6.72. The minimum atomic E-state index is 0.395. The molecule has 0 aliphatic heterocycles. The van der Waals surface area contributed by atoms with Gasteiger partial charge in [-0.3, -0.25) is 0 Å². The van der Waals surface area contributed by atoms with Gasteiger partial charge in [-0.15, -0.1) is 0 Å². The van der Waals surface area contributed by atoms with Crippen molar-refractivity contribution in [2.75, 3.05) is 5.73 Å². The van der Waals surface area contributed by atoms with Gasteiger partial charge in [0, 0.05) is 9.77 Å². The zero-order chi connectivity index (χ0) is 7.56. The predicted molar refractivity (Wildman–Crippen MR) is 47.6 cm³/mol. The molecule has 0 unspecified atom stereocenters. The molecule has 3 nitrogen and oxygen atoms in total. The summed E-state index contributed by atoms with van der Waals surface area (Å²) in [6.45, 7) is 6.72. The van der Waals surface area contributed by atoms with E-state index >= 15 is 0 Å². The normalized spacial score (nSPS) is 8.80. The zero-order valence-corrected chi connectivity index (χ0v) is 7.16. The monoisotopic (exact) mass is 245 g/mol. The Balaban J connectivity index is 3.25. The van der Waals surface area contributed by atoms with Crippen molar-refractivity contribution in [1.29, 1.82) is 0 Å². The average molecular weight is 245 g/mol. The molecule has 0 saturated heterocycles. The van der Waals surface area contributed by atoms with E-state index in [0.29, 0.717) is 11.5 Å². The van der Waals surface area contributed by atoms with Crippen LogP contribution in [0.5, 0.6) is 0 Å². The molecular weight excluding hydrogens is 241 g/mol. The first-order valence-electron chi connectivity index (χ1n) is 2.52. The quantitative estimate of drug-likeness (QED) is 0.559. The van der Waals surface area contributed by atoms with Crippen molar-refractivity contribution in [3.63, 3.8) is 0 Å². The van der Waals surface area contributed by atoms with Crippen LogP contribution in [-0.4, -0.2) is 4.98 Å². The number of nitrogens with zero attached hydrogens (tertiary/aromatic N) is 2. The van der Waals surface area contributed by atoms with Gasteiger partial charge in [-0.25, -0.2) is 9.83 Å². The second kappa shape index (κ2) is 2.84. The Kier molecular flexibility index (Phi) is 2.06. The Bertz CT molecular complexity index is 290. The molecule has 0 aliphatic carbocycles. The van der Waals surface area contributed by atoms with Crippen LogP contribution in [-0.2, 0) is 0 Å². The molecule has 0 aromatic carbocycles. The second-order valence-electron chi connectivity index (χ2n) is 1.67. The number of hydrogen-bond acceptors (Lipinski definition) is 2. The predicted octanol–water partition coefficient (Wildman–Crippen LogP) is 1.82. The van der Waals surface area contributed by atoms with Crippen molar-refractivity contribution in [2.45, 2.75) is 0 Å². The average Bonchev–Trinajstić information content (AvgIpc) is 1.94. The van der Waals surface area contributed by atoms with Gasteiger partial charge in [-0.1, -0.05) is 22.6 Å². The van der Waals surface area contributed by atoms with Gasteiger partial charge in [0.1, 0.15) is 5.82 Å². The summed E-state index contributed by atoms with van der Waals surface area (Å²) in [5, 5.41) is 0. The molecule has 1 heterocycles. The summed E-state index contributed by atoms with van der Waals surface area (Å²) in [5.74, 6) is 0.395. The molecule has 0 atom stereocenters. The fourth-order valence-electron chi connectivity index (χ4n) is 0.529. The molecule has 4 heteroatoms. The van der Waals surface area contributed by atoms with Crippen LogP contribution in [0.25, 0.3) is 4.85 Å². The molecule has 0 fully saturated rings. The molecule has 10 heavy (non-hydrogen) atoms. The summed E-state index contributed by atoms with van der Waals surface area (Å²) >= 11 is 2.05. The third-order valence-corrected chi connectivity index (χ3v) is 1.81. The van der Waals surface area contributed by atoms with E-state index in [9.17, 15) is 0 Å². The summed E-state index contributed by atoms with van der Waals surface area (Å²) in [6, 6.07) is 1.56. The van der Waals surface area contributed by atoms with E-state index < -0.39 is 0 Å². The Labute approximate surface area is 72.2 Å². The van der Waals surface area contributed by atoms with Crippen LogP contribution in [0.3, 0.4) is 0 Å². The van der Waals surface area contributed by atoms with Crippen LogP contribution in [0.4, 0.5) is 11.5 Å². The highest BCUT2D eigenvalue weighted by atomic mass is 127. The van der Waals surface area contributed by atoms with Crippen molar-refractivity contribution in [2.24, 2.45) is 0 Å². The first kappa shape index (κ1) is 7.28. The second-order valence-corrected chi connectivity index (χ2v) is 2.83. The highest BCUT2D eigenvalue weighted by Crippen LogP contribution is 2.21. The van der Waals surface area contributed by atoms with E-state index in [0.717, 1.165) is 3.57 Å². The van der Waals surface area contributed by atoms with Crippen molar-refractivity contribution in [1.82, 2.24) is 4.98 Å². The maximum absolute atomic E-state index is 6.72. The van der Waals surface area contributed by atoms with Gasteiger partial charge in [0.05, 0.1) is 6.57 Å². The van der Waals surface area contributed by atoms with Crippen molar-refractivity contribution in [3.8, 4) is 0 Å². The summed E-state index contributed by atoms with van der Waals surface area (Å²) in [6.07, 6.45) is 1.59. The van der Waals surface area contributed by atoms with Gasteiger partial charge in [-0.05, 0) is 6.07 Å². The van der Waals surface area contributed by atoms with Crippen LogP contribution in [0.1, 0.15) is 0 Å². The van der Waals surface area contributed by atoms with Gasteiger partial charge in [-0.2, -0.15) is 0 Å². The van der Waals surface area contributed by atoms with Crippen molar-refractivity contribution >= 4 is 34.1 Å². The smallest absolute Gasteiger partial charge is 0.205 e. The minimum absolute atomic E-state index is 0.395. The molecule has 2 N–H and O–H groups in total. The summed E-state index contributed by atoms with van der Waals surface area (Å²) < 4.78 is 0.835. The molecule has 0 radical (unpaired) electrons. The third-order valence-electron chi connectivity index (χ3n) is 0.977. The topological polar surface area (TPSA) is 43.3 Å². The van der Waals surface area contributed by atoms with Crippen LogP contribution in [0.2, 0.25) is 0 Å². The van der Waals surface area contributed by atoms with E-state index in [-0.39, 0.29) is 0 Å². The van der Waals surface area contributed by atoms with E-state index in [1.807, 2.05) is 22.6 Å². The molecule has 0 aliphatic rings. The van der Waals surface area contributed by atoms with Crippen LogP contribution >= 0.6 is 22.6 Å². The molecule has 0 saturated carbocycles. The van der Waals surface area contributed by atoms with E-state index in [4.69, 9.17) is 12.3 Å². The number of aromatic nitrogens is 1. The molecule has 50 valence electrons. The van der Waals surface area contributed by atoms with Crippen molar-refractivity contribution in [3.05, 3.63) is 27.3 Å². The molecule has 0 bridgehead atoms. The Hall–Kier alpha value is -0.830.